The van der Waals surface area contributed by atoms with Crippen molar-refractivity contribution in [1.29, 1.82) is 0 Å². The van der Waals surface area contributed by atoms with E-state index in [0.29, 0.717) is 18.6 Å². The number of ether oxygens (including phenoxy) is 3. The van der Waals surface area contributed by atoms with Crippen molar-refractivity contribution in [3.63, 3.8) is 0 Å². The summed E-state index contributed by atoms with van der Waals surface area (Å²) < 4.78 is 16.3. The Morgan fingerprint density at radius 3 is 2.64 bits per heavy atom. The molecule has 3 nitrogen and oxygen atoms in total. The molecule has 2 rings (SSSR count). The van der Waals surface area contributed by atoms with E-state index in [4.69, 9.17) is 14.2 Å². The van der Waals surface area contributed by atoms with E-state index in [2.05, 4.69) is 13.2 Å². The fourth-order valence-corrected chi connectivity index (χ4v) is 2.34. The van der Waals surface area contributed by atoms with Crippen LogP contribution >= 0.6 is 0 Å². The van der Waals surface area contributed by atoms with Gasteiger partial charge in [-0.2, -0.15) is 0 Å². The Kier molecular flexibility index (Phi) is 2.77. The maximum Gasteiger partial charge on any atom is 0.126 e. The summed E-state index contributed by atoms with van der Waals surface area (Å²) in [4.78, 5) is 0. The zero-order valence-electron chi connectivity index (χ0n) is 8.22. The molecule has 2 fully saturated rings. The second kappa shape index (κ2) is 4.05. The van der Waals surface area contributed by atoms with E-state index in [0.717, 1.165) is 12.8 Å². The third-order valence-electron chi connectivity index (χ3n) is 2.99. The van der Waals surface area contributed by atoms with E-state index in [1.807, 2.05) is 0 Å². The average Bonchev–Trinajstić information content (AvgIpc) is 2.74. The number of hydrogen-bond donors (Lipinski definition) is 0. The lowest BCUT2D eigenvalue weighted by atomic mass is 9.88. The van der Waals surface area contributed by atoms with Gasteiger partial charge >= 0.3 is 0 Å². The topological polar surface area (TPSA) is 27.7 Å². The van der Waals surface area contributed by atoms with Gasteiger partial charge in [-0.15, -0.1) is 0 Å². The van der Waals surface area contributed by atoms with Crippen molar-refractivity contribution in [2.75, 3.05) is 6.61 Å². The molecule has 2 aliphatic rings. The molecule has 2 heterocycles. The van der Waals surface area contributed by atoms with Crippen molar-refractivity contribution >= 4 is 0 Å². The standard InChI is InChI=1S/C11H16O3/c1-3-12-7-8-5-11-10(13-4-2)6-9(8)14-11/h3-4,8-11H,1-2,5-7H2/t8?,9-,10?,11-/m1/s1. The largest absolute Gasteiger partial charge is 0.501 e. The smallest absolute Gasteiger partial charge is 0.126 e. The lowest BCUT2D eigenvalue weighted by molar-refractivity contribution is 0.0442. The lowest BCUT2D eigenvalue weighted by Gasteiger charge is -2.23. The Morgan fingerprint density at radius 2 is 2.07 bits per heavy atom. The van der Waals surface area contributed by atoms with E-state index < -0.39 is 0 Å². The van der Waals surface area contributed by atoms with Gasteiger partial charge in [0.2, 0.25) is 0 Å². The summed E-state index contributed by atoms with van der Waals surface area (Å²) in [5.41, 5.74) is 0. The molecule has 0 spiro atoms. The van der Waals surface area contributed by atoms with Gasteiger partial charge in [0, 0.05) is 12.3 Å². The van der Waals surface area contributed by atoms with Crippen LogP contribution in [0.2, 0.25) is 0 Å². The van der Waals surface area contributed by atoms with Gasteiger partial charge in [0.05, 0.1) is 31.3 Å². The normalized spacial score (nSPS) is 39.4. The average molecular weight is 196 g/mol. The Balaban J connectivity index is 1.83. The first-order valence-corrected chi connectivity index (χ1v) is 4.99. The minimum atomic E-state index is 0.206. The summed E-state index contributed by atoms with van der Waals surface area (Å²) in [7, 11) is 0. The van der Waals surface area contributed by atoms with Crippen LogP contribution in [0.25, 0.3) is 0 Å². The SMILES string of the molecule is C=COCC1C[C@H]2O[C@@H]1CC2OC=C. The molecule has 14 heavy (non-hydrogen) atoms. The van der Waals surface area contributed by atoms with Crippen molar-refractivity contribution in [3.05, 3.63) is 25.7 Å². The monoisotopic (exact) mass is 196 g/mol. The van der Waals surface area contributed by atoms with E-state index in [9.17, 15) is 0 Å². The van der Waals surface area contributed by atoms with Crippen LogP contribution in [-0.2, 0) is 14.2 Å². The van der Waals surface area contributed by atoms with Crippen LogP contribution in [0.5, 0.6) is 0 Å². The minimum Gasteiger partial charge on any atom is -0.501 e. The Bertz CT molecular complexity index is 227. The van der Waals surface area contributed by atoms with Gasteiger partial charge in [-0.05, 0) is 6.42 Å². The highest BCUT2D eigenvalue weighted by molar-refractivity contribution is 4.96. The number of rotatable bonds is 5. The first kappa shape index (κ1) is 9.59. The molecule has 0 aromatic rings. The predicted octanol–water partition coefficient (Wildman–Crippen LogP) is 1.85. The maximum atomic E-state index is 5.76. The summed E-state index contributed by atoms with van der Waals surface area (Å²) in [5.74, 6) is 0.502. The molecule has 2 bridgehead atoms. The molecule has 0 aliphatic carbocycles. The van der Waals surface area contributed by atoms with Crippen molar-refractivity contribution in [2.24, 2.45) is 5.92 Å². The third-order valence-corrected chi connectivity index (χ3v) is 2.99. The van der Waals surface area contributed by atoms with E-state index >= 15 is 0 Å². The molecule has 0 aromatic heterocycles. The highest BCUT2D eigenvalue weighted by Gasteiger charge is 2.48. The van der Waals surface area contributed by atoms with Crippen LogP contribution in [0.15, 0.2) is 25.7 Å². The molecular weight excluding hydrogens is 180 g/mol. The zero-order chi connectivity index (χ0) is 9.97. The molecule has 4 atom stereocenters. The summed E-state index contributed by atoms with van der Waals surface area (Å²) in [6.45, 7) is 7.80. The highest BCUT2D eigenvalue weighted by Crippen LogP contribution is 2.40. The quantitative estimate of drug-likeness (QED) is 0.628. The highest BCUT2D eigenvalue weighted by atomic mass is 16.6. The van der Waals surface area contributed by atoms with Crippen LogP contribution in [0.4, 0.5) is 0 Å². The van der Waals surface area contributed by atoms with Crippen molar-refractivity contribution in [3.8, 4) is 0 Å². The van der Waals surface area contributed by atoms with Gasteiger partial charge in [0.25, 0.3) is 0 Å². The number of fused-ring (bicyclic) bond motifs is 2. The van der Waals surface area contributed by atoms with Gasteiger partial charge in [-0.3, -0.25) is 0 Å². The van der Waals surface area contributed by atoms with Crippen LogP contribution in [-0.4, -0.2) is 24.9 Å². The molecule has 0 aromatic carbocycles. The van der Waals surface area contributed by atoms with Crippen molar-refractivity contribution in [2.45, 2.75) is 31.2 Å². The fourth-order valence-electron chi connectivity index (χ4n) is 2.34. The van der Waals surface area contributed by atoms with Crippen LogP contribution in [0, 0.1) is 5.92 Å². The predicted molar refractivity (Wildman–Crippen MR) is 52.6 cm³/mol. The second-order valence-corrected chi connectivity index (χ2v) is 3.79. The number of hydrogen-bond acceptors (Lipinski definition) is 3. The third kappa shape index (κ3) is 1.64. The summed E-state index contributed by atoms with van der Waals surface area (Å²) in [6, 6.07) is 0. The molecule has 2 unspecified atom stereocenters. The molecule has 2 aliphatic heterocycles. The lowest BCUT2D eigenvalue weighted by Crippen LogP contribution is -2.30. The first-order chi connectivity index (χ1) is 6.85. The Labute approximate surface area is 84.3 Å². The maximum absolute atomic E-state index is 5.76. The van der Waals surface area contributed by atoms with Crippen LogP contribution in [0.1, 0.15) is 12.8 Å². The molecular formula is C11H16O3. The van der Waals surface area contributed by atoms with Crippen molar-refractivity contribution in [1.82, 2.24) is 0 Å². The van der Waals surface area contributed by atoms with Gasteiger partial charge in [0.15, 0.2) is 0 Å². The molecule has 3 heteroatoms. The molecule has 0 N–H and O–H groups in total. The summed E-state index contributed by atoms with van der Waals surface area (Å²) in [6.07, 6.45) is 5.71. The summed E-state index contributed by atoms with van der Waals surface area (Å²) in [5, 5.41) is 0. The van der Waals surface area contributed by atoms with Gasteiger partial charge in [-0.25, -0.2) is 0 Å². The van der Waals surface area contributed by atoms with Gasteiger partial charge in [0.1, 0.15) is 6.10 Å². The summed E-state index contributed by atoms with van der Waals surface area (Å²) >= 11 is 0. The Hall–Kier alpha value is -0.960. The van der Waals surface area contributed by atoms with E-state index in [1.165, 1.54) is 12.5 Å². The van der Waals surface area contributed by atoms with E-state index in [-0.39, 0.29) is 12.2 Å². The molecule has 0 radical (unpaired) electrons. The zero-order valence-corrected chi connectivity index (χ0v) is 8.22. The van der Waals surface area contributed by atoms with Crippen LogP contribution in [0.3, 0.4) is 0 Å². The molecule has 78 valence electrons. The van der Waals surface area contributed by atoms with Gasteiger partial charge in [-0.1, -0.05) is 13.2 Å². The molecule has 0 saturated carbocycles. The van der Waals surface area contributed by atoms with Crippen LogP contribution < -0.4 is 0 Å². The van der Waals surface area contributed by atoms with Crippen molar-refractivity contribution < 1.29 is 14.2 Å². The second-order valence-electron chi connectivity index (χ2n) is 3.79. The first-order valence-electron chi connectivity index (χ1n) is 4.99. The minimum absolute atomic E-state index is 0.206. The molecule has 0 amide bonds. The van der Waals surface area contributed by atoms with Gasteiger partial charge < -0.3 is 14.2 Å². The van der Waals surface area contributed by atoms with E-state index in [1.54, 1.807) is 0 Å². The fraction of sp³-hybridized carbons (Fsp3) is 0.636. The Morgan fingerprint density at radius 1 is 1.21 bits per heavy atom. The molecule has 2 saturated heterocycles.